The fraction of sp³-hybridized carbons (Fsp3) is 0.150. The lowest BCUT2D eigenvalue weighted by Crippen LogP contribution is -2.43. The maximum absolute atomic E-state index is 12.4. The first-order valence-corrected chi connectivity index (χ1v) is 10.6. The van der Waals surface area contributed by atoms with E-state index in [1.54, 1.807) is 17.4 Å². The number of aromatic nitrogens is 2. The third kappa shape index (κ3) is 3.74. The van der Waals surface area contributed by atoms with E-state index in [9.17, 15) is 4.79 Å². The summed E-state index contributed by atoms with van der Waals surface area (Å²) >= 11 is 3.05. The molecule has 1 aliphatic rings. The summed E-state index contributed by atoms with van der Waals surface area (Å²) in [6, 6.07) is 15.1. The minimum Gasteiger partial charge on any atom is -0.485 e. The Morgan fingerprint density at radius 3 is 2.86 bits per heavy atom. The standard InChI is InChI=1S/C20H15N3O4S2/c24-19(15-11-25-13-4-1-2-5-14(13)26-15)21-10-12-7-8-17(29-12)20-22-18(23-27-20)16-6-3-9-28-16/h1-9,15H,10-11H2,(H,21,24)/t15-/m0/s1. The van der Waals surface area contributed by atoms with Crippen molar-refractivity contribution in [1.29, 1.82) is 0 Å². The minimum atomic E-state index is -0.673. The summed E-state index contributed by atoms with van der Waals surface area (Å²) in [6.45, 7) is 0.572. The predicted octanol–water partition coefficient (Wildman–Crippen LogP) is 3.98. The quantitative estimate of drug-likeness (QED) is 0.520. The van der Waals surface area contributed by atoms with Crippen LogP contribution in [0.2, 0.25) is 0 Å². The Labute approximate surface area is 173 Å². The lowest BCUT2D eigenvalue weighted by atomic mass is 10.2. The number of ether oxygens (including phenoxy) is 2. The number of fused-ring (bicyclic) bond motifs is 1. The highest BCUT2D eigenvalue weighted by atomic mass is 32.1. The van der Waals surface area contributed by atoms with Crippen molar-refractivity contribution in [2.24, 2.45) is 0 Å². The fourth-order valence-electron chi connectivity index (χ4n) is 2.85. The molecular weight excluding hydrogens is 410 g/mol. The third-order valence-corrected chi connectivity index (χ3v) is 6.22. The first-order chi connectivity index (χ1) is 14.3. The van der Waals surface area contributed by atoms with Gasteiger partial charge in [-0.2, -0.15) is 4.98 Å². The Hall–Kier alpha value is -3.17. The molecule has 0 unspecified atom stereocenters. The molecule has 0 fully saturated rings. The van der Waals surface area contributed by atoms with E-state index < -0.39 is 6.10 Å². The van der Waals surface area contributed by atoms with Gasteiger partial charge in [0.2, 0.25) is 11.9 Å². The zero-order chi connectivity index (χ0) is 19.6. The predicted molar refractivity (Wildman–Crippen MR) is 109 cm³/mol. The van der Waals surface area contributed by atoms with E-state index >= 15 is 0 Å². The molecule has 0 saturated carbocycles. The van der Waals surface area contributed by atoms with Gasteiger partial charge in [-0.3, -0.25) is 4.79 Å². The number of thiophene rings is 2. The molecule has 0 spiro atoms. The van der Waals surface area contributed by atoms with Crippen LogP contribution in [0.5, 0.6) is 11.5 Å². The Balaban J connectivity index is 1.20. The number of hydrogen-bond acceptors (Lipinski definition) is 8. The van der Waals surface area contributed by atoms with Crippen LogP contribution in [0.25, 0.3) is 21.5 Å². The van der Waals surface area contributed by atoms with Crippen LogP contribution in [0.15, 0.2) is 58.4 Å². The average molecular weight is 425 g/mol. The van der Waals surface area contributed by atoms with Gasteiger partial charge in [-0.05, 0) is 35.7 Å². The molecule has 4 aromatic rings. The molecule has 0 bridgehead atoms. The van der Waals surface area contributed by atoms with Crippen LogP contribution in [0, 0.1) is 0 Å². The van der Waals surface area contributed by atoms with E-state index in [-0.39, 0.29) is 12.5 Å². The Bertz CT molecular complexity index is 1140. The molecule has 9 heteroatoms. The van der Waals surface area contributed by atoms with Gasteiger partial charge in [0.15, 0.2) is 11.5 Å². The van der Waals surface area contributed by atoms with Gasteiger partial charge in [0.1, 0.15) is 6.61 Å². The zero-order valence-electron chi connectivity index (χ0n) is 15.0. The molecule has 1 N–H and O–H groups in total. The molecule has 0 radical (unpaired) electrons. The number of amides is 1. The summed E-state index contributed by atoms with van der Waals surface area (Å²) in [5, 5.41) is 8.89. The molecule has 0 aliphatic carbocycles. The van der Waals surface area contributed by atoms with Gasteiger partial charge < -0.3 is 19.3 Å². The second kappa shape index (κ2) is 7.69. The summed E-state index contributed by atoms with van der Waals surface area (Å²) in [6.07, 6.45) is -0.673. The largest absolute Gasteiger partial charge is 0.485 e. The number of benzene rings is 1. The smallest absolute Gasteiger partial charge is 0.268 e. The van der Waals surface area contributed by atoms with Crippen LogP contribution in [0.1, 0.15) is 4.88 Å². The van der Waals surface area contributed by atoms with Gasteiger partial charge in [-0.25, -0.2) is 0 Å². The summed E-state index contributed by atoms with van der Waals surface area (Å²) in [5.74, 6) is 2.06. The number of hydrogen-bond donors (Lipinski definition) is 1. The topological polar surface area (TPSA) is 86.5 Å². The van der Waals surface area contributed by atoms with Gasteiger partial charge in [0, 0.05) is 4.88 Å². The van der Waals surface area contributed by atoms with E-state index in [4.69, 9.17) is 14.0 Å². The van der Waals surface area contributed by atoms with Gasteiger partial charge in [0.05, 0.1) is 16.3 Å². The SMILES string of the molecule is O=C(NCc1ccc(-c2nc(-c3cccs3)no2)s1)[C@@H]1COc2ccccc2O1. The molecule has 1 aromatic carbocycles. The highest BCUT2D eigenvalue weighted by Crippen LogP contribution is 2.32. The maximum atomic E-state index is 12.4. The molecule has 1 amide bonds. The average Bonchev–Trinajstić information content (AvgIpc) is 3.52. The Morgan fingerprint density at radius 2 is 2.00 bits per heavy atom. The second-order valence-electron chi connectivity index (χ2n) is 6.25. The molecule has 146 valence electrons. The van der Waals surface area contributed by atoms with E-state index in [0.717, 1.165) is 14.6 Å². The van der Waals surface area contributed by atoms with E-state index in [1.807, 2.05) is 47.8 Å². The number of carbonyl (C=O) groups is 1. The van der Waals surface area contributed by atoms with Crippen LogP contribution in [-0.4, -0.2) is 28.8 Å². The van der Waals surface area contributed by atoms with Gasteiger partial charge in [-0.1, -0.05) is 23.4 Å². The molecule has 3 aromatic heterocycles. The van der Waals surface area contributed by atoms with Crippen LogP contribution in [0.3, 0.4) is 0 Å². The Morgan fingerprint density at radius 1 is 1.10 bits per heavy atom. The summed E-state index contributed by atoms with van der Waals surface area (Å²) in [5.41, 5.74) is 0. The first-order valence-electron chi connectivity index (χ1n) is 8.89. The molecule has 1 aliphatic heterocycles. The van der Waals surface area contributed by atoms with Crippen LogP contribution < -0.4 is 14.8 Å². The number of nitrogens with one attached hydrogen (secondary N) is 1. The monoisotopic (exact) mass is 425 g/mol. The van der Waals surface area contributed by atoms with Gasteiger partial charge >= 0.3 is 0 Å². The van der Waals surface area contributed by atoms with Crippen molar-refractivity contribution in [1.82, 2.24) is 15.5 Å². The minimum absolute atomic E-state index is 0.187. The van der Waals surface area contributed by atoms with Crippen molar-refractivity contribution in [3.05, 3.63) is 58.8 Å². The van der Waals surface area contributed by atoms with Crippen LogP contribution in [0.4, 0.5) is 0 Å². The number of para-hydroxylation sites is 2. The number of nitrogens with zero attached hydrogens (tertiary/aromatic N) is 2. The van der Waals surface area contributed by atoms with Crippen molar-refractivity contribution in [2.75, 3.05) is 6.61 Å². The fourth-order valence-corrected chi connectivity index (χ4v) is 4.37. The maximum Gasteiger partial charge on any atom is 0.268 e. The van der Waals surface area contributed by atoms with E-state index in [2.05, 4.69) is 15.5 Å². The van der Waals surface area contributed by atoms with Crippen molar-refractivity contribution in [3.8, 4) is 33.0 Å². The zero-order valence-corrected chi connectivity index (χ0v) is 16.7. The van der Waals surface area contributed by atoms with Gasteiger partial charge in [0.25, 0.3) is 11.8 Å². The van der Waals surface area contributed by atoms with Crippen molar-refractivity contribution < 1.29 is 18.8 Å². The summed E-state index contributed by atoms with van der Waals surface area (Å²) < 4.78 is 16.7. The van der Waals surface area contributed by atoms with Crippen LogP contribution in [-0.2, 0) is 11.3 Å². The molecule has 1 atom stereocenters. The summed E-state index contributed by atoms with van der Waals surface area (Å²) in [7, 11) is 0. The lowest BCUT2D eigenvalue weighted by molar-refractivity contribution is -0.130. The third-order valence-electron chi connectivity index (χ3n) is 4.28. The highest BCUT2D eigenvalue weighted by Gasteiger charge is 2.27. The molecule has 4 heterocycles. The second-order valence-corrected chi connectivity index (χ2v) is 8.36. The van der Waals surface area contributed by atoms with Crippen LogP contribution >= 0.6 is 22.7 Å². The highest BCUT2D eigenvalue weighted by molar-refractivity contribution is 7.15. The first kappa shape index (κ1) is 17.9. The molecule has 5 rings (SSSR count). The Kier molecular flexibility index (Phi) is 4.74. The molecule has 7 nitrogen and oxygen atoms in total. The summed E-state index contributed by atoms with van der Waals surface area (Å²) in [4.78, 5) is 19.7. The van der Waals surface area contributed by atoms with Crippen molar-refractivity contribution in [2.45, 2.75) is 12.6 Å². The van der Waals surface area contributed by atoms with Crippen molar-refractivity contribution in [3.63, 3.8) is 0 Å². The molecule has 29 heavy (non-hydrogen) atoms. The van der Waals surface area contributed by atoms with E-state index in [1.165, 1.54) is 11.3 Å². The number of carbonyl (C=O) groups excluding carboxylic acids is 1. The molecular formula is C20H15N3O4S2. The normalized spacial score (nSPS) is 15.2. The lowest BCUT2D eigenvalue weighted by Gasteiger charge is -2.25. The van der Waals surface area contributed by atoms with Crippen molar-refractivity contribution >= 4 is 28.6 Å². The van der Waals surface area contributed by atoms with Gasteiger partial charge in [-0.15, -0.1) is 22.7 Å². The number of rotatable bonds is 5. The molecule has 0 saturated heterocycles. The van der Waals surface area contributed by atoms with E-state index in [0.29, 0.717) is 29.8 Å².